The predicted octanol–water partition coefficient (Wildman–Crippen LogP) is 2.03. The summed E-state index contributed by atoms with van der Waals surface area (Å²) in [5.74, 6) is -0.619. The summed E-state index contributed by atoms with van der Waals surface area (Å²) in [6, 6.07) is 11.7. The fourth-order valence-electron chi connectivity index (χ4n) is 2.64. The van der Waals surface area contributed by atoms with Crippen molar-refractivity contribution in [3.63, 3.8) is 0 Å². The SMILES string of the molecule is O=C(Cc1ccc(F)cc1)Nc1ccc(S(=O)(=O)N2CCOCC2)cc1. The van der Waals surface area contributed by atoms with E-state index in [0.29, 0.717) is 37.6 Å². The third-order valence-electron chi connectivity index (χ3n) is 4.02. The molecule has 2 aromatic rings. The Balaban J connectivity index is 1.63. The highest BCUT2D eigenvalue weighted by Gasteiger charge is 2.26. The van der Waals surface area contributed by atoms with Crippen molar-refractivity contribution in [2.24, 2.45) is 0 Å². The van der Waals surface area contributed by atoms with Gasteiger partial charge < -0.3 is 10.1 Å². The molecule has 1 N–H and O–H groups in total. The smallest absolute Gasteiger partial charge is 0.243 e. The van der Waals surface area contributed by atoms with Crippen molar-refractivity contribution in [3.05, 3.63) is 59.9 Å². The molecule has 8 heteroatoms. The van der Waals surface area contributed by atoms with Crippen LogP contribution < -0.4 is 5.32 Å². The van der Waals surface area contributed by atoms with E-state index in [1.54, 1.807) is 24.3 Å². The minimum Gasteiger partial charge on any atom is -0.379 e. The number of nitrogens with zero attached hydrogens (tertiary/aromatic N) is 1. The summed E-state index contributed by atoms with van der Waals surface area (Å²) in [6.07, 6.45) is 0.105. The number of sulfonamides is 1. The van der Waals surface area contributed by atoms with Gasteiger partial charge in [-0.15, -0.1) is 0 Å². The number of rotatable bonds is 5. The molecule has 0 bridgehead atoms. The molecular weight excluding hydrogens is 359 g/mol. The van der Waals surface area contributed by atoms with Crippen LogP contribution >= 0.6 is 0 Å². The van der Waals surface area contributed by atoms with Crippen LogP contribution in [0.3, 0.4) is 0 Å². The maximum absolute atomic E-state index is 12.9. The second kappa shape index (κ2) is 7.94. The third kappa shape index (κ3) is 4.46. The molecule has 1 aliphatic rings. The summed E-state index contributed by atoms with van der Waals surface area (Å²) >= 11 is 0. The molecular formula is C18H19FN2O4S. The van der Waals surface area contributed by atoms with E-state index in [-0.39, 0.29) is 23.0 Å². The van der Waals surface area contributed by atoms with E-state index in [1.165, 1.54) is 28.6 Å². The van der Waals surface area contributed by atoms with Gasteiger partial charge in [0.05, 0.1) is 24.5 Å². The number of amides is 1. The Morgan fingerprint density at radius 1 is 1.04 bits per heavy atom. The topological polar surface area (TPSA) is 75.7 Å². The Kier molecular flexibility index (Phi) is 5.65. The Bertz CT molecular complexity index is 861. The molecule has 6 nitrogen and oxygen atoms in total. The van der Waals surface area contributed by atoms with E-state index in [0.717, 1.165) is 0 Å². The minimum atomic E-state index is -3.55. The highest BCUT2D eigenvalue weighted by Crippen LogP contribution is 2.19. The van der Waals surface area contributed by atoms with E-state index in [2.05, 4.69) is 5.32 Å². The molecule has 2 aromatic carbocycles. The van der Waals surface area contributed by atoms with Crippen molar-refractivity contribution >= 4 is 21.6 Å². The van der Waals surface area contributed by atoms with Crippen LogP contribution in [0.25, 0.3) is 0 Å². The van der Waals surface area contributed by atoms with Crippen LogP contribution in [0, 0.1) is 5.82 Å². The molecule has 3 rings (SSSR count). The van der Waals surface area contributed by atoms with Crippen molar-refractivity contribution < 1.29 is 22.3 Å². The number of hydrogen-bond donors (Lipinski definition) is 1. The summed E-state index contributed by atoms with van der Waals surface area (Å²) in [5.41, 5.74) is 1.19. The zero-order valence-electron chi connectivity index (χ0n) is 14.0. The van der Waals surface area contributed by atoms with Gasteiger partial charge in [0.1, 0.15) is 5.82 Å². The summed E-state index contributed by atoms with van der Waals surface area (Å²) in [4.78, 5) is 12.2. The monoisotopic (exact) mass is 378 g/mol. The molecule has 0 saturated carbocycles. The lowest BCUT2D eigenvalue weighted by atomic mass is 10.1. The van der Waals surface area contributed by atoms with E-state index >= 15 is 0 Å². The molecule has 1 heterocycles. The maximum atomic E-state index is 12.9. The number of anilines is 1. The zero-order chi connectivity index (χ0) is 18.6. The number of carbonyl (C=O) groups is 1. The fourth-order valence-corrected chi connectivity index (χ4v) is 4.05. The quantitative estimate of drug-likeness (QED) is 0.864. The molecule has 1 amide bonds. The number of carbonyl (C=O) groups excluding carboxylic acids is 1. The van der Waals surface area contributed by atoms with E-state index < -0.39 is 10.0 Å². The van der Waals surface area contributed by atoms with Gasteiger partial charge in [0, 0.05) is 18.8 Å². The molecule has 0 atom stereocenters. The second-order valence-electron chi connectivity index (χ2n) is 5.89. The molecule has 1 fully saturated rings. The number of morpholine rings is 1. The van der Waals surface area contributed by atoms with Crippen molar-refractivity contribution in [3.8, 4) is 0 Å². The van der Waals surface area contributed by atoms with Gasteiger partial charge in [-0.25, -0.2) is 12.8 Å². The summed E-state index contributed by atoms with van der Waals surface area (Å²) in [6.45, 7) is 1.44. The zero-order valence-corrected chi connectivity index (χ0v) is 14.8. The van der Waals surface area contributed by atoms with Gasteiger partial charge in [0.2, 0.25) is 15.9 Å². The van der Waals surface area contributed by atoms with Gasteiger partial charge in [0.15, 0.2) is 0 Å². The van der Waals surface area contributed by atoms with Gasteiger partial charge in [-0.1, -0.05) is 12.1 Å². The van der Waals surface area contributed by atoms with Crippen LogP contribution in [0.1, 0.15) is 5.56 Å². The van der Waals surface area contributed by atoms with Gasteiger partial charge >= 0.3 is 0 Å². The number of hydrogen-bond acceptors (Lipinski definition) is 4. The molecule has 26 heavy (non-hydrogen) atoms. The number of halogens is 1. The Morgan fingerprint density at radius 2 is 1.65 bits per heavy atom. The number of nitrogens with one attached hydrogen (secondary N) is 1. The van der Waals surface area contributed by atoms with E-state index in [1.807, 2.05) is 0 Å². The van der Waals surface area contributed by atoms with Crippen molar-refractivity contribution in [2.75, 3.05) is 31.6 Å². The molecule has 0 unspecified atom stereocenters. The van der Waals surface area contributed by atoms with Crippen LogP contribution in [-0.2, 0) is 26.0 Å². The van der Waals surface area contributed by atoms with Gasteiger partial charge in [-0.3, -0.25) is 4.79 Å². The first kappa shape index (κ1) is 18.5. The van der Waals surface area contributed by atoms with Crippen LogP contribution in [0.15, 0.2) is 53.4 Å². The van der Waals surface area contributed by atoms with Gasteiger partial charge in [0.25, 0.3) is 0 Å². The summed E-state index contributed by atoms with van der Waals surface area (Å²) in [5, 5.41) is 2.70. The Hall–Kier alpha value is -2.29. The third-order valence-corrected chi connectivity index (χ3v) is 5.94. The summed E-state index contributed by atoms with van der Waals surface area (Å²) < 4.78 is 44.5. The van der Waals surface area contributed by atoms with Crippen LogP contribution in [0.5, 0.6) is 0 Å². The normalized spacial score (nSPS) is 15.6. The minimum absolute atomic E-state index is 0.105. The average Bonchev–Trinajstić information content (AvgIpc) is 2.65. The van der Waals surface area contributed by atoms with Gasteiger partial charge in [-0.2, -0.15) is 4.31 Å². The lowest BCUT2D eigenvalue weighted by molar-refractivity contribution is -0.115. The second-order valence-corrected chi connectivity index (χ2v) is 7.83. The highest BCUT2D eigenvalue weighted by molar-refractivity contribution is 7.89. The average molecular weight is 378 g/mol. The number of benzene rings is 2. The van der Waals surface area contributed by atoms with Crippen LogP contribution in [0.2, 0.25) is 0 Å². The van der Waals surface area contributed by atoms with Crippen molar-refractivity contribution in [2.45, 2.75) is 11.3 Å². The van der Waals surface area contributed by atoms with Crippen molar-refractivity contribution in [1.29, 1.82) is 0 Å². The van der Waals surface area contributed by atoms with Crippen LogP contribution in [-0.4, -0.2) is 44.9 Å². The lowest BCUT2D eigenvalue weighted by Gasteiger charge is -2.26. The molecule has 0 radical (unpaired) electrons. The largest absolute Gasteiger partial charge is 0.379 e. The first-order valence-electron chi connectivity index (χ1n) is 8.17. The fraction of sp³-hybridized carbons (Fsp3) is 0.278. The van der Waals surface area contributed by atoms with Gasteiger partial charge in [-0.05, 0) is 42.0 Å². The maximum Gasteiger partial charge on any atom is 0.243 e. The van der Waals surface area contributed by atoms with Crippen molar-refractivity contribution in [1.82, 2.24) is 4.31 Å². The first-order chi connectivity index (χ1) is 12.4. The van der Waals surface area contributed by atoms with E-state index in [9.17, 15) is 17.6 Å². The first-order valence-corrected chi connectivity index (χ1v) is 9.61. The lowest BCUT2D eigenvalue weighted by Crippen LogP contribution is -2.40. The standard InChI is InChI=1S/C18H19FN2O4S/c19-15-3-1-14(2-4-15)13-18(22)20-16-5-7-17(8-6-16)26(23,24)21-9-11-25-12-10-21/h1-8H,9-13H2,(H,20,22). The summed E-state index contributed by atoms with van der Waals surface area (Å²) in [7, 11) is -3.55. The molecule has 0 aliphatic carbocycles. The van der Waals surface area contributed by atoms with E-state index in [4.69, 9.17) is 4.74 Å². The highest BCUT2D eigenvalue weighted by atomic mass is 32.2. The predicted molar refractivity (Wildman–Crippen MR) is 94.8 cm³/mol. The number of ether oxygens (including phenoxy) is 1. The molecule has 0 aromatic heterocycles. The Morgan fingerprint density at radius 3 is 2.27 bits per heavy atom. The Labute approximate surface area is 151 Å². The molecule has 138 valence electrons. The molecule has 1 saturated heterocycles. The van der Waals surface area contributed by atoms with Crippen LogP contribution in [0.4, 0.5) is 10.1 Å². The molecule has 1 aliphatic heterocycles. The molecule has 0 spiro atoms.